The lowest BCUT2D eigenvalue weighted by Crippen LogP contribution is -2.54. The normalized spacial score (nSPS) is 31.8. The van der Waals surface area contributed by atoms with E-state index in [1.54, 1.807) is 0 Å². The van der Waals surface area contributed by atoms with E-state index in [1.165, 1.54) is 84.0 Å². The van der Waals surface area contributed by atoms with Crippen LogP contribution in [0.3, 0.4) is 0 Å². The van der Waals surface area contributed by atoms with E-state index in [0.29, 0.717) is 11.0 Å². The van der Waals surface area contributed by atoms with E-state index in [9.17, 15) is 0 Å². The van der Waals surface area contributed by atoms with Crippen LogP contribution in [0.25, 0.3) is 0 Å². The zero-order chi connectivity index (χ0) is 12.5. The van der Waals surface area contributed by atoms with Crippen LogP contribution >= 0.6 is 0 Å². The van der Waals surface area contributed by atoms with Crippen LogP contribution in [0.1, 0.15) is 64.7 Å². The van der Waals surface area contributed by atoms with Gasteiger partial charge in [-0.1, -0.05) is 32.6 Å². The number of hydrogen-bond donors (Lipinski definition) is 1. The highest BCUT2D eigenvalue weighted by atomic mass is 15.2. The van der Waals surface area contributed by atoms with Crippen molar-refractivity contribution >= 4 is 0 Å². The molecule has 0 radical (unpaired) electrons. The second-order valence-corrected chi connectivity index (χ2v) is 7.50. The summed E-state index contributed by atoms with van der Waals surface area (Å²) >= 11 is 0. The standard InChI is InChI=1S/C16H30N2/c1-15(7-5-8-15)13-18-12-6-11-17-16(14-18)9-3-2-4-10-16/h17H,2-14H2,1H3. The molecular formula is C16H30N2. The molecule has 0 atom stereocenters. The van der Waals surface area contributed by atoms with Crippen LogP contribution in [0.5, 0.6) is 0 Å². The van der Waals surface area contributed by atoms with Crippen molar-refractivity contribution in [3.63, 3.8) is 0 Å². The molecule has 104 valence electrons. The molecule has 18 heavy (non-hydrogen) atoms. The third kappa shape index (κ3) is 2.75. The molecule has 1 heterocycles. The van der Waals surface area contributed by atoms with Gasteiger partial charge >= 0.3 is 0 Å². The average Bonchev–Trinajstić information content (AvgIpc) is 2.51. The maximum Gasteiger partial charge on any atom is 0.0308 e. The van der Waals surface area contributed by atoms with E-state index in [2.05, 4.69) is 17.1 Å². The Bertz CT molecular complexity index is 277. The number of nitrogens with zero attached hydrogens (tertiary/aromatic N) is 1. The summed E-state index contributed by atoms with van der Waals surface area (Å²) in [6.45, 7) is 7.75. The van der Waals surface area contributed by atoms with Crippen molar-refractivity contribution in [1.82, 2.24) is 10.2 Å². The molecule has 1 saturated heterocycles. The minimum atomic E-state index is 0.481. The van der Waals surface area contributed by atoms with Gasteiger partial charge < -0.3 is 10.2 Å². The second-order valence-electron chi connectivity index (χ2n) is 7.50. The van der Waals surface area contributed by atoms with E-state index < -0.39 is 0 Å². The fraction of sp³-hybridized carbons (Fsp3) is 1.00. The monoisotopic (exact) mass is 250 g/mol. The Balaban J connectivity index is 1.63. The highest BCUT2D eigenvalue weighted by molar-refractivity contribution is 4.97. The predicted molar refractivity (Wildman–Crippen MR) is 76.8 cm³/mol. The summed E-state index contributed by atoms with van der Waals surface area (Å²) in [6.07, 6.45) is 12.9. The van der Waals surface area contributed by atoms with Gasteiger partial charge in [-0.05, 0) is 50.6 Å². The van der Waals surface area contributed by atoms with Gasteiger partial charge in [0, 0.05) is 18.6 Å². The summed E-state index contributed by atoms with van der Waals surface area (Å²) in [7, 11) is 0. The van der Waals surface area contributed by atoms with Crippen molar-refractivity contribution in [2.24, 2.45) is 5.41 Å². The Morgan fingerprint density at radius 2 is 1.72 bits per heavy atom. The molecule has 0 aromatic rings. The van der Waals surface area contributed by atoms with Crippen molar-refractivity contribution in [2.45, 2.75) is 70.3 Å². The molecule has 1 spiro atoms. The third-order valence-corrected chi connectivity index (χ3v) is 5.65. The molecule has 0 amide bonds. The van der Waals surface area contributed by atoms with Gasteiger partial charge in [-0.25, -0.2) is 0 Å². The fourth-order valence-electron chi connectivity index (χ4n) is 4.40. The first-order chi connectivity index (χ1) is 8.70. The van der Waals surface area contributed by atoms with Crippen LogP contribution in [0.2, 0.25) is 0 Å². The lowest BCUT2D eigenvalue weighted by Gasteiger charge is -2.45. The lowest BCUT2D eigenvalue weighted by molar-refractivity contribution is 0.0665. The highest BCUT2D eigenvalue weighted by Gasteiger charge is 2.38. The Morgan fingerprint density at radius 1 is 0.944 bits per heavy atom. The molecule has 1 N–H and O–H groups in total. The van der Waals surface area contributed by atoms with Gasteiger partial charge in [-0.15, -0.1) is 0 Å². The lowest BCUT2D eigenvalue weighted by atomic mass is 9.70. The minimum Gasteiger partial charge on any atom is -0.310 e. The van der Waals surface area contributed by atoms with Gasteiger partial charge in [-0.2, -0.15) is 0 Å². The smallest absolute Gasteiger partial charge is 0.0308 e. The molecule has 3 rings (SSSR count). The van der Waals surface area contributed by atoms with Gasteiger partial charge in [0.25, 0.3) is 0 Å². The SMILES string of the molecule is CC1(CN2CCCNC3(CCCCC3)C2)CCC1. The van der Waals surface area contributed by atoms with Crippen molar-refractivity contribution in [1.29, 1.82) is 0 Å². The Hall–Kier alpha value is -0.0800. The molecule has 0 aromatic carbocycles. The Morgan fingerprint density at radius 3 is 2.39 bits per heavy atom. The van der Waals surface area contributed by atoms with E-state index in [4.69, 9.17) is 0 Å². The van der Waals surface area contributed by atoms with Crippen molar-refractivity contribution < 1.29 is 0 Å². The zero-order valence-electron chi connectivity index (χ0n) is 12.1. The summed E-state index contributed by atoms with van der Waals surface area (Å²) in [6, 6.07) is 0. The first kappa shape index (κ1) is 12.9. The molecule has 0 unspecified atom stereocenters. The molecular weight excluding hydrogens is 220 g/mol. The van der Waals surface area contributed by atoms with E-state index in [1.807, 2.05) is 0 Å². The Labute approximate surface area is 113 Å². The van der Waals surface area contributed by atoms with Gasteiger partial charge in [0.2, 0.25) is 0 Å². The van der Waals surface area contributed by atoms with E-state index in [-0.39, 0.29) is 0 Å². The fourth-order valence-corrected chi connectivity index (χ4v) is 4.40. The highest BCUT2D eigenvalue weighted by Crippen LogP contribution is 2.41. The van der Waals surface area contributed by atoms with Gasteiger partial charge in [0.1, 0.15) is 0 Å². The molecule has 0 bridgehead atoms. The molecule has 1 aliphatic heterocycles. The summed E-state index contributed by atoms with van der Waals surface area (Å²) < 4.78 is 0. The summed E-state index contributed by atoms with van der Waals surface area (Å²) in [4.78, 5) is 2.80. The largest absolute Gasteiger partial charge is 0.310 e. The molecule has 2 saturated carbocycles. The topological polar surface area (TPSA) is 15.3 Å². The third-order valence-electron chi connectivity index (χ3n) is 5.65. The van der Waals surface area contributed by atoms with Crippen LogP contribution in [0.15, 0.2) is 0 Å². The second kappa shape index (κ2) is 5.13. The number of hydrogen-bond acceptors (Lipinski definition) is 2. The predicted octanol–water partition coefficient (Wildman–Crippen LogP) is 3.17. The quantitative estimate of drug-likeness (QED) is 0.810. The first-order valence-corrected chi connectivity index (χ1v) is 8.17. The maximum absolute atomic E-state index is 3.91. The molecule has 2 heteroatoms. The first-order valence-electron chi connectivity index (χ1n) is 8.17. The van der Waals surface area contributed by atoms with Gasteiger partial charge in [0.05, 0.1) is 0 Å². The van der Waals surface area contributed by atoms with Crippen LogP contribution in [-0.4, -0.2) is 36.6 Å². The van der Waals surface area contributed by atoms with E-state index >= 15 is 0 Å². The number of rotatable bonds is 2. The van der Waals surface area contributed by atoms with E-state index in [0.717, 1.165) is 0 Å². The van der Waals surface area contributed by atoms with Crippen LogP contribution < -0.4 is 5.32 Å². The minimum absolute atomic E-state index is 0.481. The average molecular weight is 250 g/mol. The van der Waals surface area contributed by atoms with Crippen molar-refractivity contribution in [3.05, 3.63) is 0 Å². The molecule has 0 aromatic heterocycles. The van der Waals surface area contributed by atoms with Crippen LogP contribution in [0.4, 0.5) is 0 Å². The van der Waals surface area contributed by atoms with Crippen molar-refractivity contribution in [3.8, 4) is 0 Å². The molecule has 3 aliphatic rings. The van der Waals surface area contributed by atoms with Crippen molar-refractivity contribution in [2.75, 3.05) is 26.2 Å². The zero-order valence-corrected chi connectivity index (χ0v) is 12.1. The van der Waals surface area contributed by atoms with Gasteiger partial charge in [-0.3, -0.25) is 0 Å². The molecule has 2 nitrogen and oxygen atoms in total. The van der Waals surface area contributed by atoms with Crippen LogP contribution in [-0.2, 0) is 0 Å². The summed E-state index contributed by atoms with van der Waals surface area (Å²) in [5.41, 5.74) is 1.13. The number of nitrogens with one attached hydrogen (secondary N) is 1. The summed E-state index contributed by atoms with van der Waals surface area (Å²) in [5, 5.41) is 3.91. The Kier molecular flexibility index (Phi) is 3.68. The van der Waals surface area contributed by atoms with Crippen LogP contribution in [0, 0.1) is 5.41 Å². The van der Waals surface area contributed by atoms with Gasteiger partial charge in [0.15, 0.2) is 0 Å². The molecule has 2 aliphatic carbocycles. The molecule has 3 fully saturated rings. The summed E-state index contributed by atoms with van der Waals surface area (Å²) in [5.74, 6) is 0. The maximum atomic E-state index is 3.91.